The normalized spacial score (nSPS) is 18.0. The average molecular weight is 530 g/mol. The van der Waals surface area contributed by atoms with Gasteiger partial charge in [0.1, 0.15) is 11.1 Å². The number of halogens is 6. The Morgan fingerprint density at radius 1 is 1.16 bits per heavy atom. The van der Waals surface area contributed by atoms with Crippen LogP contribution in [0.3, 0.4) is 0 Å². The molecule has 1 aliphatic rings. The van der Waals surface area contributed by atoms with Crippen molar-refractivity contribution in [2.75, 3.05) is 30.8 Å². The Kier molecular flexibility index (Phi) is 6.73. The fourth-order valence-corrected chi connectivity index (χ4v) is 4.50. The van der Waals surface area contributed by atoms with Crippen molar-refractivity contribution in [3.05, 3.63) is 35.7 Å². The Labute approximate surface area is 207 Å². The number of aromatic nitrogens is 3. The molecular weight excluding hydrogens is 506 g/mol. The van der Waals surface area contributed by atoms with Crippen LogP contribution in [0.2, 0.25) is 0 Å². The third kappa shape index (κ3) is 5.58. The molecule has 0 bridgehead atoms. The Bertz CT molecular complexity index is 1320. The molecule has 1 unspecified atom stereocenters. The van der Waals surface area contributed by atoms with Crippen molar-refractivity contribution in [3.8, 4) is 11.3 Å². The molecule has 3 heterocycles. The molecule has 14 heteroatoms. The smallest absolute Gasteiger partial charge is 0.420 e. The molecule has 0 spiro atoms. The highest BCUT2D eigenvalue weighted by atomic mass is 19.4. The van der Waals surface area contributed by atoms with Gasteiger partial charge in [0.2, 0.25) is 5.95 Å². The van der Waals surface area contributed by atoms with Crippen LogP contribution in [-0.4, -0.2) is 47.3 Å². The van der Waals surface area contributed by atoms with E-state index in [0.717, 1.165) is 25.9 Å². The van der Waals surface area contributed by atoms with Gasteiger partial charge in [-0.3, -0.25) is 5.32 Å². The maximum Gasteiger partial charge on any atom is 0.420 e. The van der Waals surface area contributed by atoms with Crippen LogP contribution < -0.4 is 16.0 Å². The number of benzene rings is 1. The van der Waals surface area contributed by atoms with Crippen LogP contribution in [0.1, 0.15) is 31.4 Å². The van der Waals surface area contributed by atoms with Crippen LogP contribution >= 0.6 is 0 Å². The summed E-state index contributed by atoms with van der Waals surface area (Å²) in [5.41, 5.74) is -4.45. The first kappa shape index (κ1) is 26.5. The summed E-state index contributed by atoms with van der Waals surface area (Å²) in [6.45, 7) is 5.40. The molecule has 0 radical (unpaired) electrons. The highest BCUT2D eigenvalue weighted by molar-refractivity contribution is 6.01. The van der Waals surface area contributed by atoms with Crippen LogP contribution in [0.25, 0.3) is 22.2 Å². The topological polar surface area (TPSA) is 104 Å². The fraction of sp³-hybridized carbons (Fsp3) is 0.435. The second-order valence-electron chi connectivity index (χ2n) is 9.52. The average Bonchev–Trinajstić information content (AvgIpc) is 3.20. The van der Waals surface area contributed by atoms with Gasteiger partial charge in [-0.2, -0.15) is 26.3 Å². The zero-order valence-corrected chi connectivity index (χ0v) is 20.0. The number of anilines is 2. The molecule has 1 saturated heterocycles. The molecule has 4 N–H and O–H groups in total. The molecule has 1 aromatic carbocycles. The standard InChI is InChI=1S/C23H24F6N6O2/c1-21(2)6-11(7-30-10-21)33-19-32-9-14(22(24,25)26)17(35-19)13-8-31-18-12(13)4-5-15(34-20(36)37-3)16(18)23(27,28)29/h4-5,8-9,11,30-31H,6-7,10H2,1-3H3,(H,34,36)(H,32,33,35). The van der Waals surface area contributed by atoms with Gasteiger partial charge in [-0.1, -0.05) is 19.9 Å². The van der Waals surface area contributed by atoms with Crippen molar-refractivity contribution in [1.29, 1.82) is 0 Å². The van der Waals surface area contributed by atoms with Crippen LogP contribution in [0.5, 0.6) is 0 Å². The van der Waals surface area contributed by atoms with Crippen LogP contribution in [0.4, 0.5) is 42.8 Å². The van der Waals surface area contributed by atoms with E-state index < -0.39 is 46.5 Å². The van der Waals surface area contributed by atoms with E-state index in [1.807, 2.05) is 19.2 Å². The van der Waals surface area contributed by atoms with Gasteiger partial charge in [0.05, 0.1) is 24.0 Å². The minimum Gasteiger partial charge on any atom is -0.453 e. The van der Waals surface area contributed by atoms with Gasteiger partial charge in [0.25, 0.3) is 0 Å². The molecule has 37 heavy (non-hydrogen) atoms. The predicted octanol–water partition coefficient (Wildman–Crippen LogP) is 5.64. The van der Waals surface area contributed by atoms with Gasteiger partial charge in [0, 0.05) is 42.5 Å². The number of H-pyrrole nitrogens is 1. The van der Waals surface area contributed by atoms with Gasteiger partial charge < -0.3 is 20.4 Å². The Balaban J connectivity index is 1.83. The highest BCUT2D eigenvalue weighted by Gasteiger charge is 2.39. The second kappa shape index (κ2) is 9.39. The second-order valence-corrected chi connectivity index (χ2v) is 9.52. The number of ether oxygens (including phenoxy) is 1. The molecular formula is C23H24F6N6O2. The minimum atomic E-state index is -4.95. The molecule has 1 aliphatic heterocycles. The van der Waals surface area contributed by atoms with E-state index in [9.17, 15) is 31.1 Å². The zero-order chi connectivity index (χ0) is 27.2. The van der Waals surface area contributed by atoms with Crippen molar-refractivity contribution < 1.29 is 35.9 Å². The zero-order valence-electron chi connectivity index (χ0n) is 20.0. The van der Waals surface area contributed by atoms with Crippen LogP contribution in [0.15, 0.2) is 24.5 Å². The summed E-state index contributed by atoms with van der Waals surface area (Å²) in [5.74, 6) is -0.0816. The highest BCUT2D eigenvalue weighted by Crippen LogP contribution is 2.44. The summed E-state index contributed by atoms with van der Waals surface area (Å²) in [5, 5.41) is 8.09. The molecule has 0 aliphatic carbocycles. The van der Waals surface area contributed by atoms with E-state index >= 15 is 0 Å². The van der Waals surface area contributed by atoms with Gasteiger partial charge in [0.15, 0.2) is 0 Å². The van der Waals surface area contributed by atoms with Crippen molar-refractivity contribution in [1.82, 2.24) is 20.3 Å². The summed E-state index contributed by atoms with van der Waals surface area (Å²) < 4.78 is 87.9. The van der Waals surface area contributed by atoms with Crippen molar-refractivity contribution in [2.24, 2.45) is 5.41 Å². The largest absolute Gasteiger partial charge is 0.453 e. The van der Waals surface area contributed by atoms with Crippen LogP contribution in [0, 0.1) is 5.41 Å². The Morgan fingerprint density at radius 3 is 2.51 bits per heavy atom. The maximum atomic E-state index is 14.0. The first-order chi connectivity index (χ1) is 17.2. The monoisotopic (exact) mass is 530 g/mol. The number of methoxy groups -OCH3 is 1. The Hall–Kier alpha value is -3.55. The number of amides is 1. The number of carbonyl (C=O) groups excluding carboxylic acids is 1. The van der Waals surface area contributed by atoms with E-state index in [-0.39, 0.29) is 28.4 Å². The van der Waals surface area contributed by atoms with Crippen molar-refractivity contribution in [3.63, 3.8) is 0 Å². The molecule has 1 atom stereocenters. The molecule has 1 amide bonds. The Morgan fingerprint density at radius 2 is 1.89 bits per heavy atom. The number of nitrogens with one attached hydrogen (secondary N) is 4. The number of alkyl halides is 6. The van der Waals surface area contributed by atoms with E-state index in [1.54, 1.807) is 0 Å². The molecule has 8 nitrogen and oxygen atoms in total. The summed E-state index contributed by atoms with van der Waals surface area (Å²) in [6.07, 6.45) is -8.62. The van der Waals surface area contributed by atoms with Crippen LogP contribution in [-0.2, 0) is 17.1 Å². The number of rotatable bonds is 4. The molecule has 4 rings (SSSR count). The van der Waals surface area contributed by atoms with E-state index in [0.29, 0.717) is 19.2 Å². The van der Waals surface area contributed by atoms with E-state index in [1.165, 1.54) is 6.07 Å². The summed E-state index contributed by atoms with van der Waals surface area (Å²) in [4.78, 5) is 21.9. The number of fused-ring (bicyclic) bond motifs is 1. The van der Waals surface area contributed by atoms with Gasteiger partial charge in [-0.05, 0) is 17.9 Å². The molecule has 2 aromatic heterocycles. The lowest BCUT2D eigenvalue weighted by molar-refractivity contribution is -0.137. The lowest BCUT2D eigenvalue weighted by Crippen LogP contribution is -2.47. The molecule has 0 saturated carbocycles. The maximum absolute atomic E-state index is 14.0. The molecule has 1 fully saturated rings. The molecule has 3 aromatic rings. The summed E-state index contributed by atoms with van der Waals surface area (Å²) in [6, 6.07) is 1.95. The quantitative estimate of drug-likeness (QED) is 0.326. The number of hydrogen-bond donors (Lipinski definition) is 4. The van der Waals surface area contributed by atoms with Gasteiger partial charge >= 0.3 is 18.4 Å². The predicted molar refractivity (Wildman–Crippen MR) is 124 cm³/mol. The first-order valence-corrected chi connectivity index (χ1v) is 11.2. The van der Waals surface area contributed by atoms with E-state index in [4.69, 9.17) is 0 Å². The lowest BCUT2D eigenvalue weighted by Gasteiger charge is -2.36. The number of aromatic amines is 1. The minimum absolute atomic E-state index is 0.0641. The van der Waals surface area contributed by atoms with E-state index in [2.05, 4.69) is 30.3 Å². The van der Waals surface area contributed by atoms with Crippen molar-refractivity contribution in [2.45, 2.75) is 38.7 Å². The summed E-state index contributed by atoms with van der Waals surface area (Å²) in [7, 11) is 0.984. The summed E-state index contributed by atoms with van der Waals surface area (Å²) >= 11 is 0. The van der Waals surface area contributed by atoms with Crippen molar-refractivity contribution >= 4 is 28.6 Å². The fourth-order valence-electron chi connectivity index (χ4n) is 4.50. The third-order valence-corrected chi connectivity index (χ3v) is 6.04. The SMILES string of the molecule is COC(=O)Nc1ccc2c(-c3nc(NC4CNCC(C)(C)C4)ncc3C(F)(F)F)c[nH]c2c1C(F)(F)F. The first-order valence-electron chi connectivity index (χ1n) is 11.2. The lowest BCUT2D eigenvalue weighted by atomic mass is 9.83. The number of hydrogen-bond acceptors (Lipinski definition) is 6. The number of nitrogens with zero attached hydrogens (tertiary/aromatic N) is 2. The molecule has 200 valence electrons. The number of piperidine rings is 1. The number of carbonyl (C=O) groups is 1. The third-order valence-electron chi connectivity index (χ3n) is 6.04. The van der Waals surface area contributed by atoms with Gasteiger partial charge in [-0.15, -0.1) is 0 Å². The van der Waals surface area contributed by atoms with Gasteiger partial charge in [-0.25, -0.2) is 14.8 Å².